The van der Waals surface area contributed by atoms with Gasteiger partial charge in [-0.3, -0.25) is 14.4 Å². The number of benzene rings is 1. The highest BCUT2D eigenvalue weighted by Crippen LogP contribution is 2.40. The van der Waals surface area contributed by atoms with Gasteiger partial charge in [0.2, 0.25) is 0 Å². The fraction of sp³-hybridized carbons (Fsp3) is 0.538. The first-order valence-corrected chi connectivity index (χ1v) is 12.5. The van der Waals surface area contributed by atoms with Crippen LogP contribution in [0.15, 0.2) is 24.5 Å². The lowest BCUT2D eigenvalue weighted by Crippen LogP contribution is -2.42. The Labute approximate surface area is 204 Å². The molecular formula is C26H33N5O4. The Morgan fingerprint density at radius 3 is 2.60 bits per heavy atom. The SMILES string of the molecule is COC(=O)N1c2ccc3c(nc(CCn4cc(C)cn4)n3[C@H]3CC[C@H](C(=O)O)CC3)c2CC[C@@H]1C. The normalized spacial score (nSPS) is 22.3. The third-order valence-electron chi connectivity index (χ3n) is 7.64. The van der Waals surface area contributed by atoms with Crippen molar-refractivity contribution in [2.75, 3.05) is 12.0 Å². The highest BCUT2D eigenvalue weighted by molar-refractivity contribution is 5.95. The van der Waals surface area contributed by atoms with Crippen LogP contribution in [0.3, 0.4) is 0 Å². The molecule has 186 valence electrons. The number of ether oxygens (including phenoxy) is 1. The number of carboxylic acid groups (broad SMARTS) is 1. The molecule has 1 amide bonds. The molecule has 1 aromatic carbocycles. The van der Waals surface area contributed by atoms with Gasteiger partial charge in [-0.2, -0.15) is 5.10 Å². The summed E-state index contributed by atoms with van der Waals surface area (Å²) >= 11 is 0. The fourth-order valence-corrected chi connectivity index (χ4v) is 5.79. The zero-order valence-electron chi connectivity index (χ0n) is 20.6. The fourth-order valence-electron chi connectivity index (χ4n) is 5.79. The Morgan fingerprint density at radius 2 is 1.94 bits per heavy atom. The number of hydrogen-bond acceptors (Lipinski definition) is 5. The standard InChI is InChI=1S/C26H33N5O4/c1-16-14-27-29(15-16)13-12-23-28-24-20-9-4-17(2)30(26(34)35-3)21(20)10-11-22(24)31(23)19-7-5-18(6-8-19)25(32)33/h10-11,14-15,17-19H,4-9,12-13H2,1-3H3,(H,32,33)/t17-,18-,19-/m0/s1. The minimum atomic E-state index is -0.695. The number of carbonyl (C=O) groups is 2. The lowest BCUT2D eigenvalue weighted by molar-refractivity contribution is -0.143. The molecule has 1 aliphatic carbocycles. The number of rotatable bonds is 5. The monoisotopic (exact) mass is 479 g/mol. The van der Waals surface area contributed by atoms with Crippen molar-refractivity contribution in [1.29, 1.82) is 0 Å². The molecule has 0 bridgehead atoms. The number of methoxy groups -OCH3 is 1. The summed E-state index contributed by atoms with van der Waals surface area (Å²) in [6.45, 7) is 4.79. The van der Waals surface area contributed by atoms with Gasteiger partial charge in [-0.15, -0.1) is 0 Å². The van der Waals surface area contributed by atoms with Crippen LogP contribution in [-0.2, 0) is 28.9 Å². The van der Waals surface area contributed by atoms with Crippen molar-refractivity contribution >= 4 is 28.8 Å². The molecule has 1 fully saturated rings. The average Bonchev–Trinajstić information content (AvgIpc) is 3.45. The minimum absolute atomic E-state index is 0.0586. The molecule has 1 atom stereocenters. The highest BCUT2D eigenvalue weighted by atomic mass is 16.5. The second-order valence-electron chi connectivity index (χ2n) is 9.93. The van der Waals surface area contributed by atoms with Crippen LogP contribution in [0.5, 0.6) is 0 Å². The maximum Gasteiger partial charge on any atom is 0.414 e. The topological polar surface area (TPSA) is 102 Å². The number of imidazole rings is 1. The Morgan fingerprint density at radius 1 is 1.17 bits per heavy atom. The van der Waals surface area contributed by atoms with Crippen molar-refractivity contribution in [1.82, 2.24) is 19.3 Å². The van der Waals surface area contributed by atoms with E-state index in [-0.39, 0.29) is 24.1 Å². The molecule has 1 saturated carbocycles. The zero-order chi connectivity index (χ0) is 24.7. The molecule has 1 N–H and O–H groups in total. The predicted molar refractivity (Wildman–Crippen MR) is 132 cm³/mol. The number of amides is 1. The van der Waals surface area contributed by atoms with Crippen LogP contribution in [0.1, 0.15) is 62.0 Å². The van der Waals surface area contributed by atoms with Crippen LogP contribution in [0.2, 0.25) is 0 Å². The summed E-state index contributed by atoms with van der Waals surface area (Å²) in [4.78, 5) is 31.0. The number of carboxylic acids is 1. The van der Waals surface area contributed by atoms with Crippen molar-refractivity contribution in [3.8, 4) is 0 Å². The van der Waals surface area contributed by atoms with Crippen LogP contribution in [0.25, 0.3) is 11.0 Å². The lowest BCUT2D eigenvalue weighted by atomic mass is 9.86. The summed E-state index contributed by atoms with van der Waals surface area (Å²) in [7, 11) is 1.42. The Kier molecular flexibility index (Phi) is 6.25. The molecule has 9 heteroatoms. The van der Waals surface area contributed by atoms with E-state index in [9.17, 15) is 14.7 Å². The van der Waals surface area contributed by atoms with Gasteiger partial charge in [-0.25, -0.2) is 9.78 Å². The predicted octanol–water partition coefficient (Wildman–Crippen LogP) is 4.51. The van der Waals surface area contributed by atoms with E-state index in [1.54, 1.807) is 4.90 Å². The lowest BCUT2D eigenvalue weighted by Gasteiger charge is -2.34. The largest absolute Gasteiger partial charge is 0.481 e. The van der Waals surface area contributed by atoms with Crippen LogP contribution < -0.4 is 4.90 Å². The first-order valence-electron chi connectivity index (χ1n) is 12.5. The van der Waals surface area contributed by atoms with Crippen LogP contribution in [0.4, 0.5) is 10.5 Å². The molecule has 0 unspecified atom stereocenters. The minimum Gasteiger partial charge on any atom is -0.481 e. The van der Waals surface area contributed by atoms with Crippen LogP contribution in [0, 0.1) is 12.8 Å². The molecule has 5 rings (SSSR count). The third-order valence-corrected chi connectivity index (χ3v) is 7.64. The molecule has 3 aromatic rings. The summed E-state index contributed by atoms with van der Waals surface area (Å²) in [5.74, 6) is 0.0299. The van der Waals surface area contributed by atoms with E-state index >= 15 is 0 Å². The van der Waals surface area contributed by atoms with Gasteiger partial charge >= 0.3 is 12.1 Å². The van der Waals surface area contributed by atoms with Crippen molar-refractivity contribution < 1.29 is 19.4 Å². The van der Waals surface area contributed by atoms with Crippen molar-refractivity contribution in [3.05, 3.63) is 41.5 Å². The number of carbonyl (C=O) groups excluding carboxylic acids is 1. The van der Waals surface area contributed by atoms with Gasteiger partial charge in [0.15, 0.2) is 0 Å². The van der Waals surface area contributed by atoms with Gasteiger partial charge in [0.05, 0.1) is 35.9 Å². The molecule has 2 aliphatic rings. The number of fused-ring (bicyclic) bond motifs is 3. The van der Waals surface area contributed by atoms with Gasteiger partial charge in [0.1, 0.15) is 5.82 Å². The van der Waals surface area contributed by atoms with E-state index in [1.165, 1.54) is 7.11 Å². The summed E-state index contributed by atoms with van der Waals surface area (Å²) in [5, 5.41) is 13.9. The maximum atomic E-state index is 12.6. The van der Waals surface area contributed by atoms with Gasteiger partial charge in [-0.05, 0) is 70.1 Å². The third kappa shape index (κ3) is 4.28. The maximum absolute atomic E-state index is 12.6. The summed E-state index contributed by atoms with van der Waals surface area (Å²) in [5.41, 5.74) is 5.08. The molecule has 3 heterocycles. The number of aliphatic carboxylic acids is 1. The second-order valence-corrected chi connectivity index (χ2v) is 9.93. The Balaban J connectivity index is 1.56. The summed E-state index contributed by atoms with van der Waals surface area (Å²) < 4.78 is 9.35. The first-order chi connectivity index (χ1) is 16.9. The van der Waals surface area contributed by atoms with E-state index in [1.807, 2.05) is 37.0 Å². The number of anilines is 1. The highest BCUT2D eigenvalue weighted by Gasteiger charge is 2.33. The van der Waals surface area contributed by atoms with E-state index in [4.69, 9.17) is 9.72 Å². The Bertz CT molecular complexity index is 1250. The van der Waals surface area contributed by atoms with E-state index in [2.05, 4.69) is 15.7 Å². The van der Waals surface area contributed by atoms with Crippen molar-refractivity contribution in [2.24, 2.45) is 5.92 Å². The quantitative estimate of drug-likeness (QED) is 0.578. The van der Waals surface area contributed by atoms with Gasteiger partial charge in [0.25, 0.3) is 0 Å². The molecular weight excluding hydrogens is 446 g/mol. The Hall–Kier alpha value is -3.36. The number of hydrogen-bond donors (Lipinski definition) is 1. The summed E-state index contributed by atoms with van der Waals surface area (Å²) in [6.07, 6.45) is 8.95. The van der Waals surface area contributed by atoms with Gasteiger partial charge in [-0.1, -0.05) is 0 Å². The van der Waals surface area contributed by atoms with Crippen LogP contribution in [-0.4, -0.2) is 49.7 Å². The molecule has 0 saturated heterocycles. The zero-order valence-corrected chi connectivity index (χ0v) is 20.6. The molecule has 0 spiro atoms. The summed E-state index contributed by atoms with van der Waals surface area (Å²) in [6, 6.07) is 4.36. The van der Waals surface area contributed by atoms with E-state index in [0.717, 1.165) is 72.3 Å². The molecule has 9 nitrogen and oxygen atoms in total. The average molecular weight is 480 g/mol. The van der Waals surface area contributed by atoms with E-state index in [0.29, 0.717) is 12.8 Å². The van der Waals surface area contributed by atoms with Gasteiger partial charge in [0, 0.05) is 36.8 Å². The van der Waals surface area contributed by atoms with Gasteiger partial charge < -0.3 is 14.4 Å². The number of aromatic nitrogens is 4. The smallest absolute Gasteiger partial charge is 0.414 e. The van der Waals surface area contributed by atoms with Crippen molar-refractivity contribution in [3.63, 3.8) is 0 Å². The van der Waals surface area contributed by atoms with E-state index < -0.39 is 5.97 Å². The molecule has 35 heavy (non-hydrogen) atoms. The number of aryl methyl sites for hydroxylation is 4. The molecule has 0 radical (unpaired) electrons. The molecule has 2 aromatic heterocycles. The second kappa shape index (κ2) is 9.36. The first kappa shape index (κ1) is 23.4. The molecule has 1 aliphatic heterocycles. The van der Waals surface area contributed by atoms with Crippen LogP contribution >= 0.6 is 0 Å². The van der Waals surface area contributed by atoms with Crippen molar-refractivity contribution in [2.45, 2.75) is 77.4 Å². The number of nitrogens with zero attached hydrogens (tertiary/aromatic N) is 5.